The van der Waals surface area contributed by atoms with E-state index in [1.807, 2.05) is 36.4 Å². The van der Waals surface area contributed by atoms with E-state index < -0.39 is 0 Å². The number of carbonyl (C=O) groups excluding carboxylic acids is 2. The topological polar surface area (TPSA) is 74.6 Å². The fourth-order valence-electron chi connectivity index (χ4n) is 2.76. The molecule has 0 aliphatic rings. The first-order valence-corrected chi connectivity index (χ1v) is 9.04. The van der Waals surface area contributed by atoms with Crippen LogP contribution in [0.1, 0.15) is 21.7 Å². The van der Waals surface area contributed by atoms with Gasteiger partial charge in [-0.2, -0.15) is 0 Å². The van der Waals surface area contributed by atoms with E-state index in [1.165, 1.54) is 0 Å². The molecular formula is C22H23N3O3. The van der Waals surface area contributed by atoms with Crippen LogP contribution in [0, 0.1) is 0 Å². The Morgan fingerprint density at radius 1 is 1.00 bits per heavy atom. The predicted octanol–water partition coefficient (Wildman–Crippen LogP) is 3.28. The molecule has 6 nitrogen and oxygen atoms in total. The summed E-state index contributed by atoms with van der Waals surface area (Å²) < 4.78 is 5.18. The highest BCUT2D eigenvalue weighted by atomic mass is 16.3. The molecule has 2 N–H and O–H groups in total. The Morgan fingerprint density at radius 2 is 1.82 bits per heavy atom. The molecule has 144 valence electrons. The van der Waals surface area contributed by atoms with Crippen LogP contribution in [0.25, 0.3) is 0 Å². The summed E-state index contributed by atoms with van der Waals surface area (Å²) in [6.45, 7) is 0.987. The molecule has 0 radical (unpaired) electrons. The number of amides is 2. The molecule has 0 atom stereocenters. The van der Waals surface area contributed by atoms with E-state index in [2.05, 4.69) is 10.6 Å². The summed E-state index contributed by atoms with van der Waals surface area (Å²) in [6.07, 6.45) is 1.57. The fourth-order valence-corrected chi connectivity index (χ4v) is 2.76. The van der Waals surface area contributed by atoms with Gasteiger partial charge in [-0.3, -0.25) is 9.59 Å². The summed E-state index contributed by atoms with van der Waals surface area (Å²) >= 11 is 0. The first-order valence-electron chi connectivity index (χ1n) is 9.04. The normalized spacial score (nSPS) is 10.3. The molecule has 0 aliphatic heterocycles. The number of rotatable bonds is 8. The van der Waals surface area contributed by atoms with Gasteiger partial charge in [0.05, 0.1) is 19.4 Å². The highest BCUT2D eigenvalue weighted by molar-refractivity contribution is 5.95. The number of anilines is 1. The van der Waals surface area contributed by atoms with Crippen LogP contribution >= 0.6 is 0 Å². The molecule has 3 aromatic rings. The van der Waals surface area contributed by atoms with Crippen molar-refractivity contribution in [2.75, 3.05) is 18.9 Å². The lowest BCUT2D eigenvalue weighted by molar-refractivity contribution is -0.119. The Hall–Kier alpha value is -3.54. The second-order valence-corrected chi connectivity index (χ2v) is 6.44. The maximum absolute atomic E-state index is 12.7. The van der Waals surface area contributed by atoms with Crippen molar-refractivity contribution in [3.63, 3.8) is 0 Å². The maximum atomic E-state index is 12.7. The molecule has 0 fully saturated rings. The first kappa shape index (κ1) is 19.2. The number of hydrogen-bond donors (Lipinski definition) is 2. The van der Waals surface area contributed by atoms with E-state index in [0.29, 0.717) is 30.1 Å². The quantitative estimate of drug-likeness (QED) is 0.632. The van der Waals surface area contributed by atoms with Crippen molar-refractivity contribution in [2.24, 2.45) is 0 Å². The van der Waals surface area contributed by atoms with Gasteiger partial charge in [0.1, 0.15) is 5.76 Å². The summed E-state index contributed by atoms with van der Waals surface area (Å²) in [7, 11) is 1.78. The van der Waals surface area contributed by atoms with Gasteiger partial charge in [-0.25, -0.2) is 0 Å². The molecule has 0 bridgehead atoms. The van der Waals surface area contributed by atoms with E-state index in [1.54, 1.807) is 48.5 Å². The van der Waals surface area contributed by atoms with Gasteiger partial charge in [0.15, 0.2) is 0 Å². The van der Waals surface area contributed by atoms with Crippen molar-refractivity contribution >= 4 is 17.5 Å². The Balaban J connectivity index is 1.52. The Kier molecular flexibility index (Phi) is 6.46. The van der Waals surface area contributed by atoms with Crippen molar-refractivity contribution in [2.45, 2.75) is 13.1 Å². The molecule has 2 aromatic carbocycles. The van der Waals surface area contributed by atoms with E-state index in [-0.39, 0.29) is 18.4 Å². The van der Waals surface area contributed by atoms with Gasteiger partial charge < -0.3 is 20.0 Å². The van der Waals surface area contributed by atoms with Gasteiger partial charge in [0.25, 0.3) is 5.91 Å². The van der Waals surface area contributed by atoms with E-state index >= 15 is 0 Å². The van der Waals surface area contributed by atoms with Crippen LogP contribution in [0.2, 0.25) is 0 Å². The predicted molar refractivity (Wildman–Crippen MR) is 108 cm³/mol. The van der Waals surface area contributed by atoms with Crippen LogP contribution < -0.4 is 10.6 Å². The van der Waals surface area contributed by atoms with E-state index in [0.717, 1.165) is 5.56 Å². The summed E-state index contributed by atoms with van der Waals surface area (Å²) in [5, 5.41) is 5.81. The average molecular weight is 377 g/mol. The lowest BCUT2D eigenvalue weighted by atomic mass is 10.1. The second kappa shape index (κ2) is 9.41. The molecule has 1 aromatic heterocycles. The molecule has 28 heavy (non-hydrogen) atoms. The zero-order valence-corrected chi connectivity index (χ0v) is 15.7. The fraction of sp³-hybridized carbons (Fsp3) is 0.182. The Bertz CT molecular complexity index is 908. The van der Waals surface area contributed by atoms with Crippen LogP contribution in [0.15, 0.2) is 77.4 Å². The highest BCUT2D eigenvalue weighted by Gasteiger charge is 2.12. The molecule has 1 heterocycles. The van der Waals surface area contributed by atoms with Gasteiger partial charge >= 0.3 is 0 Å². The van der Waals surface area contributed by atoms with Crippen LogP contribution in [0.5, 0.6) is 0 Å². The highest BCUT2D eigenvalue weighted by Crippen LogP contribution is 2.14. The minimum Gasteiger partial charge on any atom is -0.467 e. The van der Waals surface area contributed by atoms with Crippen molar-refractivity contribution in [1.82, 2.24) is 10.2 Å². The van der Waals surface area contributed by atoms with Gasteiger partial charge in [-0.1, -0.05) is 36.4 Å². The van der Waals surface area contributed by atoms with Gasteiger partial charge in [0, 0.05) is 24.8 Å². The number of carbonyl (C=O) groups is 2. The van der Waals surface area contributed by atoms with Gasteiger partial charge in [-0.05, 0) is 35.9 Å². The van der Waals surface area contributed by atoms with Crippen LogP contribution in [-0.2, 0) is 17.9 Å². The monoisotopic (exact) mass is 377 g/mol. The van der Waals surface area contributed by atoms with Gasteiger partial charge in [-0.15, -0.1) is 0 Å². The molecule has 6 heteroatoms. The SMILES string of the molecule is CN(Cc1ccccc1)C(=O)c1cccc(NCC(=O)NCc2ccco2)c1. The molecule has 0 aliphatic carbocycles. The molecule has 0 spiro atoms. The number of benzene rings is 2. The number of furan rings is 1. The number of hydrogen-bond acceptors (Lipinski definition) is 4. The standard InChI is InChI=1S/C22H23N3O3/c1-25(16-17-7-3-2-4-8-17)22(27)18-9-5-10-19(13-18)23-15-21(26)24-14-20-11-6-12-28-20/h2-13,23H,14-16H2,1H3,(H,24,26). The van der Waals surface area contributed by atoms with Crippen molar-refractivity contribution in [1.29, 1.82) is 0 Å². The van der Waals surface area contributed by atoms with Crippen LogP contribution in [0.3, 0.4) is 0 Å². The largest absolute Gasteiger partial charge is 0.467 e. The molecule has 0 saturated carbocycles. The second-order valence-electron chi connectivity index (χ2n) is 6.44. The van der Waals surface area contributed by atoms with Crippen molar-refractivity contribution < 1.29 is 14.0 Å². The summed E-state index contributed by atoms with van der Waals surface area (Å²) in [5.74, 6) is 0.464. The molecule has 2 amide bonds. The summed E-state index contributed by atoms with van der Waals surface area (Å²) in [6, 6.07) is 20.6. The van der Waals surface area contributed by atoms with E-state index in [9.17, 15) is 9.59 Å². The number of nitrogens with zero attached hydrogens (tertiary/aromatic N) is 1. The van der Waals surface area contributed by atoms with Crippen LogP contribution in [-0.4, -0.2) is 30.3 Å². The molecule has 0 saturated heterocycles. The van der Waals surface area contributed by atoms with Crippen molar-refractivity contribution in [3.05, 3.63) is 89.9 Å². The zero-order chi connectivity index (χ0) is 19.8. The molecule has 0 unspecified atom stereocenters. The Morgan fingerprint density at radius 3 is 2.57 bits per heavy atom. The van der Waals surface area contributed by atoms with Crippen molar-refractivity contribution in [3.8, 4) is 0 Å². The first-order chi connectivity index (χ1) is 13.6. The third kappa shape index (κ3) is 5.48. The summed E-state index contributed by atoms with van der Waals surface area (Å²) in [5.41, 5.74) is 2.35. The Labute approximate surface area is 164 Å². The lowest BCUT2D eigenvalue weighted by Crippen LogP contribution is -2.29. The molecule has 3 rings (SSSR count). The van der Waals surface area contributed by atoms with E-state index in [4.69, 9.17) is 4.42 Å². The van der Waals surface area contributed by atoms with Gasteiger partial charge in [0.2, 0.25) is 5.91 Å². The molecular weight excluding hydrogens is 354 g/mol. The third-order valence-corrected chi connectivity index (χ3v) is 4.21. The average Bonchev–Trinajstić information content (AvgIpc) is 3.25. The van der Waals surface area contributed by atoms with Crippen LogP contribution in [0.4, 0.5) is 5.69 Å². The maximum Gasteiger partial charge on any atom is 0.253 e. The smallest absolute Gasteiger partial charge is 0.253 e. The third-order valence-electron chi connectivity index (χ3n) is 4.21. The number of nitrogens with one attached hydrogen (secondary N) is 2. The summed E-state index contributed by atoms with van der Waals surface area (Å²) in [4.78, 5) is 26.3. The minimum atomic E-state index is -0.158. The minimum absolute atomic E-state index is 0.0743. The zero-order valence-electron chi connectivity index (χ0n) is 15.7. The lowest BCUT2D eigenvalue weighted by Gasteiger charge is -2.18.